The van der Waals surface area contributed by atoms with E-state index >= 15 is 0 Å². The van der Waals surface area contributed by atoms with Crippen LogP contribution in [0.4, 0.5) is 4.79 Å². The summed E-state index contributed by atoms with van der Waals surface area (Å²) in [7, 11) is 4.46. The molecule has 0 bridgehead atoms. The van der Waals surface area contributed by atoms with E-state index in [1.165, 1.54) is 32.6 Å². The van der Waals surface area contributed by atoms with E-state index in [1.807, 2.05) is 18.2 Å². The molecular formula is C32H39N5O8. The zero-order valence-electron chi connectivity index (χ0n) is 26.0. The van der Waals surface area contributed by atoms with E-state index in [0.29, 0.717) is 29.7 Å². The summed E-state index contributed by atoms with van der Waals surface area (Å²) in [6.07, 6.45) is 5.94. The average Bonchev–Trinajstić information content (AvgIpc) is 3.57. The molecule has 240 valence electrons. The molecule has 1 aromatic carbocycles. The predicted octanol–water partition coefficient (Wildman–Crippen LogP) is 1.90. The Hall–Kier alpha value is -4.65. The third-order valence-corrected chi connectivity index (χ3v) is 8.99. The summed E-state index contributed by atoms with van der Waals surface area (Å²) in [5.41, 5.74) is 2.93. The molecular weight excluding hydrogens is 582 g/mol. The lowest BCUT2D eigenvalue weighted by atomic mass is 9.74. The summed E-state index contributed by atoms with van der Waals surface area (Å²) in [5, 5.41) is 6.24. The normalized spacial score (nSPS) is 21.4. The lowest BCUT2D eigenvalue weighted by molar-refractivity contribution is -0.138. The van der Waals surface area contributed by atoms with Gasteiger partial charge in [-0.2, -0.15) is 0 Å². The van der Waals surface area contributed by atoms with Crippen LogP contribution in [-0.4, -0.2) is 98.1 Å². The van der Waals surface area contributed by atoms with Crippen LogP contribution in [0.25, 0.3) is 10.9 Å². The Morgan fingerprint density at radius 3 is 2.49 bits per heavy atom. The number of amides is 4. The Bertz CT molecular complexity index is 1560. The third-order valence-electron chi connectivity index (χ3n) is 8.99. The van der Waals surface area contributed by atoms with Crippen LogP contribution >= 0.6 is 0 Å². The molecule has 0 aliphatic carbocycles. The van der Waals surface area contributed by atoms with Crippen LogP contribution in [0.3, 0.4) is 0 Å². The summed E-state index contributed by atoms with van der Waals surface area (Å²) >= 11 is 0. The fourth-order valence-electron chi connectivity index (χ4n) is 6.90. The topological polar surface area (TPSA) is 149 Å². The number of carbonyl (C=O) groups is 5. The molecule has 1 aromatic heterocycles. The van der Waals surface area contributed by atoms with E-state index in [4.69, 9.17) is 14.2 Å². The molecule has 0 unspecified atom stereocenters. The molecule has 3 atom stereocenters. The lowest BCUT2D eigenvalue weighted by Gasteiger charge is -2.47. The van der Waals surface area contributed by atoms with Gasteiger partial charge >= 0.3 is 12.0 Å². The van der Waals surface area contributed by atoms with Crippen molar-refractivity contribution >= 4 is 40.6 Å². The molecule has 0 saturated carbocycles. The van der Waals surface area contributed by atoms with Gasteiger partial charge in [-0.1, -0.05) is 19.4 Å². The van der Waals surface area contributed by atoms with E-state index in [2.05, 4.69) is 22.5 Å². The van der Waals surface area contributed by atoms with Crippen LogP contribution in [0.2, 0.25) is 0 Å². The van der Waals surface area contributed by atoms with Crippen LogP contribution in [0.5, 0.6) is 5.75 Å². The fraction of sp³-hybridized carbons (Fsp3) is 0.469. The van der Waals surface area contributed by atoms with Gasteiger partial charge < -0.3 is 24.8 Å². The molecule has 0 spiro atoms. The van der Waals surface area contributed by atoms with E-state index in [0.717, 1.165) is 41.1 Å². The summed E-state index contributed by atoms with van der Waals surface area (Å²) in [6.45, 7) is 3.39. The van der Waals surface area contributed by atoms with Gasteiger partial charge in [0.2, 0.25) is 5.91 Å². The molecule has 2 aromatic rings. The second-order valence-corrected chi connectivity index (χ2v) is 11.3. The van der Waals surface area contributed by atoms with Crippen molar-refractivity contribution in [3.63, 3.8) is 0 Å². The van der Waals surface area contributed by atoms with Crippen LogP contribution in [0.15, 0.2) is 42.2 Å². The number of ether oxygens (including phenoxy) is 3. The maximum absolute atomic E-state index is 13.9. The van der Waals surface area contributed by atoms with Crippen molar-refractivity contribution in [3.8, 4) is 5.75 Å². The lowest BCUT2D eigenvalue weighted by Crippen LogP contribution is -2.48. The summed E-state index contributed by atoms with van der Waals surface area (Å²) in [5.74, 6) is -1.10. The van der Waals surface area contributed by atoms with Crippen molar-refractivity contribution in [1.29, 1.82) is 0 Å². The third kappa shape index (κ3) is 6.04. The van der Waals surface area contributed by atoms with Crippen molar-refractivity contribution in [2.24, 2.45) is 11.8 Å². The van der Waals surface area contributed by atoms with Crippen LogP contribution in [-0.2, 0) is 35.1 Å². The fourth-order valence-corrected chi connectivity index (χ4v) is 6.90. The van der Waals surface area contributed by atoms with Crippen molar-refractivity contribution in [1.82, 2.24) is 25.0 Å². The Kier molecular flexibility index (Phi) is 9.57. The van der Waals surface area contributed by atoms with Crippen molar-refractivity contribution in [3.05, 3.63) is 53.4 Å². The number of imide groups is 1. The van der Waals surface area contributed by atoms with Crippen LogP contribution < -0.4 is 15.4 Å². The molecule has 4 amide bonds. The number of hydrogen-bond acceptors (Lipinski definition) is 9. The molecule has 3 aliphatic heterocycles. The minimum atomic E-state index is -0.476. The predicted molar refractivity (Wildman–Crippen MR) is 163 cm³/mol. The van der Waals surface area contributed by atoms with Gasteiger partial charge in [-0.3, -0.25) is 28.8 Å². The first-order valence-corrected chi connectivity index (χ1v) is 15.1. The number of esters is 1. The number of fused-ring (bicyclic) bond motifs is 5. The first-order valence-electron chi connectivity index (χ1n) is 15.1. The molecule has 2 N–H and O–H groups in total. The molecule has 1 fully saturated rings. The van der Waals surface area contributed by atoms with Crippen molar-refractivity contribution in [2.45, 2.75) is 32.2 Å². The highest BCUT2D eigenvalue weighted by atomic mass is 16.5. The Morgan fingerprint density at radius 1 is 1.07 bits per heavy atom. The second-order valence-electron chi connectivity index (χ2n) is 11.3. The monoisotopic (exact) mass is 621 g/mol. The first-order chi connectivity index (χ1) is 21.7. The van der Waals surface area contributed by atoms with Crippen molar-refractivity contribution in [2.75, 3.05) is 54.1 Å². The quantitative estimate of drug-likeness (QED) is 0.176. The first kappa shape index (κ1) is 31.8. The minimum absolute atomic E-state index is 0.0302. The maximum atomic E-state index is 13.9. The molecule has 3 aliphatic rings. The van der Waals surface area contributed by atoms with E-state index in [9.17, 15) is 24.0 Å². The highest BCUT2D eigenvalue weighted by Crippen LogP contribution is 2.48. The molecule has 13 nitrogen and oxygen atoms in total. The van der Waals surface area contributed by atoms with Gasteiger partial charge in [0.05, 0.1) is 51.3 Å². The van der Waals surface area contributed by atoms with Gasteiger partial charge in [0.25, 0.3) is 11.8 Å². The van der Waals surface area contributed by atoms with Crippen LogP contribution in [0, 0.1) is 11.8 Å². The van der Waals surface area contributed by atoms with Gasteiger partial charge in [-0.15, -0.1) is 0 Å². The number of aromatic nitrogens is 1. The molecule has 0 radical (unpaired) electrons. The Labute approximate surface area is 261 Å². The summed E-state index contributed by atoms with van der Waals surface area (Å²) in [6, 6.07) is 4.87. The zero-order chi connectivity index (χ0) is 32.2. The molecule has 5 rings (SSSR count). The molecule has 1 saturated heterocycles. The van der Waals surface area contributed by atoms with E-state index < -0.39 is 29.7 Å². The molecule has 13 heteroatoms. The van der Waals surface area contributed by atoms with E-state index in [-0.39, 0.29) is 37.5 Å². The zero-order valence-corrected chi connectivity index (χ0v) is 26.0. The summed E-state index contributed by atoms with van der Waals surface area (Å²) < 4.78 is 17.8. The smallest absolute Gasteiger partial charge is 0.337 e. The number of benzene rings is 1. The van der Waals surface area contributed by atoms with Gasteiger partial charge in [0.15, 0.2) is 0 Å². The van der Waals surface area contributed by atoms with Crippen LogP contribution in [0.1, 0.15) is 37.1 Å². The number of piperidine rings is 1. The van der Waals surface area contributed by atoms with Gasteiger partial charge in [0.1, 0.15) is 5.75 Å². The SMILES string of the molecule is CC[C@@H]1CN2CCc3c(n(C(=O)NCC(=O)NCCN4C(=O)C=CC4=O)c4cccc(OC)c34)[C@@H]2C[C@@H]1/C(=C\OC)C(=O)OC. The number of methoxy groups -OCH3 is 3. The second kappa shape index (κ2) is 13.6. The van der Waals surface area contributed by atoms with Gasteiger partial charge in [-0.05, 0) is 42.4 Å². The number of carbonyl (C=O) groups excluding carboxylic acids is 5. The van der Waals surface area contributed by atoms with E-state index in [1.54, 1.807) is 11.7 Å². The number of rotatable bonds is 10. The highest BCUT2D eigenvalue weighted by molar-refractivity contribution is 6.12. The largest absolute Gasteiger partial charge is 0.504 e. The number of hydrogen-bond donors (Lipinski definition) is 2. The Balaban J connectivity index is 1.43. The standard InChI is InChI=1S/C32H39N5O8/c1-5-19-17-35-13-11-20-29-23(7-6-8-25(29)44-3)37(30(20)24(35)15-21(19)22(18-43-2)31(41)45-4)32(42)34-16-26(38)33-12-14-36-27(39)9-10-28(36)40/h6-10,18-19,21,24H,5,11-17H2,1-4H3,(H,33,38)(H,34,42)/b22-18+/t19-,21+,24+/m1/s1. The molecule has 4 heterocycles. The molecule has 45 heavy (non-hydrogen) atoms. The summed E-state index contributed by atoms with van der Waals surface area (Å²) in [4.78, 5) is 66.3. The van der Waals surface area contributed by atoms with Crippen molar-refractivity contribution < 1.29 is 38.2 Å². The number of nitrogens with zero attached hydrogens (tertiary/aromatic N) is 3. The Morgan fingerprint density at radius 2 is 1.82 bits per heavy atom. The minimum Gasteiger partial charge on any atom is -0.504 e. The average molecular weight is 622 g/mol. The highest BCUT2D eigenvalue weighted by Gasteiger charge is 2.44. The maximum Gasteiger partial charge on any atom is 0.337 e. The van der Waals surface area contributed by atoms with Gasteiger partial charge in [-0.25, -0.2) is 9.59 Å². The van der Waals surface area contributed by atoms with Gasteiger partial charge in [0, 0.05) is 49.4 Å². The number of nitrogens with one attached hydrogen (secondary N) is 2.